The molecule has 2 N–H and O–H groups in total. The molecular weight excluding hydrogens is 242 g/mol. The molecule has 0 atom stereocenters. The fraction of sp³-hybridized carbons (Fsp3) is 0.700. The standard InChI is InChI=1S/C10H18BClN2O3/c1-9(2,15)10(3,4)17-11(16)7-6-13-8(12)14(7)5/h6,15-16H,1-5H3. The zero-order valence-electron chi connectivity index (χ0n) is 10.7. The number of hydrogen-bond donors (Lipinski definition) is 2. The Kier molecular flexibility index (Phi) is 3.93. The van der Waals surface area contributed by atoms with Gasteiger partial charge in [-0.25, -0.2) is 4.98 Å². The highest BCUT2D eigenvalue weighted by Crippen LogP contribution is 2.25. The summed E-state index contributed by atoms with van der Waals surface area (Å²) >= 11 is 5.77. The summed E-state index contributed by atoms with van der Waals surface area (Å²) < 4.78 is 6.99. The lowest BCUT2D eigenvalue weighted by atomic mass is 9.80. The van der Waals surface area contributed by atoms with Crippen molar-refractivity contribution in [1.82, 2.24) is 9.55 Å². The smallest absolute Gasteiger partial charge is 0.422 e. The molecule has 96 valence electrons. The Hall–Kier alpha value is -0.555. The molecule has 0 spiro atoms. The molecule has 17 heavy (non-hydrogen) atoms. The number of rotatable bonds is 4. The van der Waals surface area contributed by atoms with E-state index in [1.54, 1.807) is 34.7 Å². The van der Waals surface area contributed by atoms with Crippen molar-refractivity contribution in [1.29, 1.82) is 0 Å². The van der Waals surface area contributed by atoms with E-state index in [-0.39, 0.29) is 5.28 Å². The average molecular weight is 261 g/mol. The predicted molar refractivity (Wildman–Crippen MR) is 67.3 cm³/mol. The van der Waals surface area contributed by atoms with Gasteiger partial charge in [0.05, 0.1) is 16.8 Å². The molecule has 7 heteroatoms. The van der Waals surface area contributed by atoms with Crippen LogP contribution in [0.5, 0.6) is 0 Å². The Bertz CT molecular complexity index is 401. The van der Waals surface area contributed by atoms with Gasteiger partial charge in [-0.3, -0.25) is 0 Å². The van der Waals surface area contributed by atoms with E-state index in [9.17, 15) is 10.1 Å². The first-order valence-corrected chi connectivity index (χ1v) is 5.69. The molecule has 1 aromatic heterocycles. The normalized spacial score (nSPS) is 12.9. The molecule has 1 rings (SSSR count). The van der Waals surface area contributed by atoms with Crippen LogP contribution in [0.4, 0.5) is 0 Å². The molecular formula is C10H18BClN2O3. The van der Waals surface area contributed by atoms with Crippen LogP contribution in [0.3, 0.4) is 0 Å². The van der Waals surface area contributed by atoms with Crippen molar-refractivity contribution in [2.45, 2.75) is 38.9 Å². The summed E-state index contributed by atoms with van der Waals surface area (Å²) in [7, 11) is 0.482. The first-order chi connectivity index (χ1) is 7.56. The zero-order valence-corrected chi connectivity index (χ0v) is 11.5. The van der Waals surface area contributed by atoms with Gasteiger partial charge in [-0.15, -0.1) is 0 Å². The van der Waals surface area contributed by atoms with Crippen molar-refractivity contribution in [3.8, 4) is 0 Å². The van der Waals surface area contributed by atoms with Crippen molar-refractivity contribution < 1.29 is 14.8 Å². The number of aromatic nitrogens is 2. The van der Waals surface area contributed by atoms with Gasteiger partial charge >= 0.3 is 7.12 Å². The fourth-order valence-corrected chi connectivity index (χ4v) is 1.26. The van der Waals surface area contributed by atoms with Crippen molar-refractivity contribution in [3.05, 3.63) is 11.5 Å². The molecule has 1 aromatic rings. The van der Waals surface area contributed by atoms with Crippen molar-refractivity contribution >= 4 is 24.3 Å². The van der Waals surface area contributed by atoms with Gasteiger partial charge in [0.2, 0.25) is 5.28 Å². The fourth-order valence-electron chi connectivity index (χ4n) is 1.11. The lowest BCUT2D eigenvalue weighted by Crippen LogP contribution is -2.54. The third-order valence-corrected chi connectivity index (χ3v) is 3.45. The van der Waals surface area contributed by atoms with Crippen LogP contribution in [0.2, 0.25) is 5.28 Å². The maximum atomic E-state index is 9.96. The predicted octanol–water partition coefficient (Wildman–Crippen LogP) is 0.327. The Morgan fingerprint density at radius 3 is 2.29 bits per heavy atom. The lowest BCUT2D eigenvalue weighted by molar-refractivity contribution is -0.0984. The summed E-state index contributed by atoms with van der Waals surface area (Å²) in [5.74, 6) is 0. The lowest BCUT2D eigenvalue weighted by Gasteiger charge is -2.38. The molecule has 1 heterocycles. The number of aliphatic hydroxyl groups is 1. The van der Waals surface area contributed by atoms with Gasteiger partial charge in [-0.2, -0.15) is 0 Å². The van der Waals surface area contributed by atoms with Gasteiger partial charge in [-0.05, 0) is 39.3 Å². The van der Waals surface area contributed by atoms with Crippen LogP contribution in [0, 0.1) is 0 Å². The Morgan fingerprint density at radius 2 is 1.94 bits per heavy atom. The molecule has 0 saturated heterocycles. The number of hydrogen-bond acceptors (Lipinski definition) is 4. The van der Waals surface area contributed by atoms with Gasteiger partial charge in [0.25, 0.3) is 0 Å². The van der Waals surface area contributed by atoms with Crippen LogP contribution in [0.1, 0.15) is 27.7 Å². The summed E-state index contributed by atoms with van der Waals surface area (Å²) in [6, 6.07) is 0. The van der Waals surface area contributed by atoms with E-state index < -0.39 is 18.3 Å². The minimum Gasteiger partial charge on any atom is -0.422 e. The van der Waals surface area contributed by atoms with Gasteiger partial charge < -0.3 is 19.4 Å². The molecule has 0 saturated carbocycles. The zero-order chi connectivity index (χ0) is 13.4. The van der Waals surface area contributed by atoms with E-state index in [0.717, 1.165) is 0 Å². The Labute approximate surface area is 107 Å². The van der Waals surface area contributed by atoms with Crippen LogP contribution in [-0.2, 0) is 11.7 Å². The first-order valence-electron chi connectivity index (χ1n) is 5.31. The van der Waals surface area contributed by atoms with Crippen LogP contribution < -0.4 is 5.59 Å². The maximum Gasteiger partial charge on any atom is 0.510 e. The maximum absolute atomic E-state index is 9.96. The molecule has 0 radical (unpaired) electrons. The highest BCUT2D eigenvalue weighted by Gasteiger charge is 2.40. The third kappa shape index (κ3) is 3.01. The number of halogens is 1. The van der Waals surface area contributed by atoms with E-state index in [2.05, 4.69) is 4.98 Å². The van der Waals surface area contributed by atoms with E-state index in [4.69, 9.17) is 16.3 Å². The van der Waals surface area contributed by atoms with E-state index in [0.29, 0.717) is 5.59 Å². The minimum atomic E-state index is -1.19. The van der Waals surface area contributed by atoms with Crippen LogP contribution in [-0.4, -0.2) is 38.0 Å². The van der Waals surface area contributed by atoms with Crippen LogP contribution in [0.15, 0.2) is 6.20 Å². The quantitative estimate of drug-likeness (QED) is 0.766. The third-order valence-electron chi connectivity index (χ3n) is 3.10. The van der Waals surface area contributed by atoms with Gasteiger partial charge in [0.15, 0.2) is 0 Å². The average Bonchev–Trinajstić information content (AvgIpc) is 2.45. The molecule has 0 aliphatic rings. The second-order valence-corrected chi connectivity index (χ2v) is 5.39. The van der Waals surface area contributed by atoms with Gasteiger partial charge in [-0.1, -0.05) is 0 Å². The molecule has 0 amide bonds. The molecule has 0 aromatic carbocycles. The Morgan fingerprint density at radius 1 is 1.41 bits per heavy atom. The molecule has 0 aliphatic heterocycles. The summed E-state index contributed by atoms with van der Waals surface area (Å²) in [6.07, 6.45) is 1.44. The van der Waals surface area contributed by atoms with Crippen LogP contribution >= 0.6 is 11.6 Å². The highest BCUT2D eigenvalue weighted by atomic mass is 35.5. The highest BCUT2D eigenvalue weighted by molar-refractivity contribution is 6.59. The van der Waals surface area contributed by atoms with E-state index in [1.807, 2.05) is 0 Å². The summed E-state index contributed by atoms with van der Waals surface area (Å²) in [5, 5.41) is 20.2. The van der Waals surface area contributed by atoms with Gasteiger partial charge in [0.1, 0.15) is 0 Å². The summed E-state index contributed by atoms with van der Waals surface area (Å²) in [4.78, 5) is 3.86. The monoisotopic (exact) mass is 260 g/mol. The molecule has 0 bridgehead atoms. The van der Waals surface area contributed by atoms with Gasteiger partial charge in [0, 0.05) is 13.2 Å². The van der Waals surface area contributed by atoms with E-state index >= 15 is 0 Å². The summed E-state index contributed by atoms with van der Waals surface area (Å²) in [6.45, 7) is 6.65. The SMILES string of the molecule is Cn1c(B(O)OC(C)(C)C(C)(C)O)cnc1Cl. The van der Waals surface area contributed by atoms with E-state index in [1.165, 1.54) is 10.8 Å². The van der Waals surface area contributed by atoms with Crippen molar-refractivity contribution in [2.24, 2.45) is 7.05 Å². The number of nitrogens with zero attached hydrogens (tertiary/aromatic N) is 2. The minimum absolute atomic E-state index is 0.267. The largest absolute Gasteiger partial charge is 0.510 e. The van der Waals surface area contributed by atoms with Crippen molar-refractivity contribution in [3.63, 3.8) is 0 Å². The molecule has 0 unspecified atom stereocenters. The Balaban J connectivity index is 2.87. The van der Waals surface area contributed by atoms with Crippen molar-refractivity contribution in [2.75, 3.05) is 0 Å². The molecule has 0 aliphatic carbocycles. The first kappa shape index (κ1) is 14.5. The number of imidazole rings is 1. The topological polar surface area (TPSA) is 67.5 Å². The molecule has 5 nitrogen and oxygen atoms in total. The molecule has 0 fully saturated rings. The van der Waals surface area contributed by atoms with Crippen LogP contribution in [0.25, 0.3) is 0 Å². The second-order valence-electron chi connectivity index (χ2n) is 5.05. The summed E-state index contributed by atoms with van der Waals surface area (Å²) in [5.41, 5.74) is -1.56. The second kappa shape index (κ2) is 4.61.